The number of aromatic carboxylic acids is 1. The van der Waals surface area contributed by atoms with Crippen molar-refractivity contribution in [3.05, 3.63) is 29.0 Å². The molecule has 1 aliphatic heterocycles. The van der Waals surface area contributed by atoms with E-state index in [1.54, 1.807) is 12.1 Å². The van der Waals surface area contributed by atoms with Crippen LogP contribution >= 0.6 is 0 Å². The van der Waals surface area contributed by atoms with Crippen LogP contribution in [0.1, 0.15) is 59.5 Å². The molecule has 6 nitrogen and oxygen atoms in total. The quantitative estimate of drug-likeness (QED) is 0.809. The van der Waals surface area contributed by atoms with Crippen LogP contribution in [-0.2, 0) is 6.42 Å². The van der Waals surface area contributed by atoms with Crippen molar-refractivity contribution in [2.24, 2.45) is 0 Å². The van der Waals surface area contributed by atoms with Crippen molar-refractivity contribution >= 4 is 28.3 Å². The van der Waals surface area contributed by atoms with Gasteiger partial charge in [-0.25, -0.2) is 9.78 Å². The van der Waals surface area contributed by atoms with E-state index in [0.29, 0.717) is 17.5 Å². The number of ketones is 1. The highest BCUT2D eigenvalue weighted by Gasteiger charge is 2.23. The second-order valence-corrected chi connectivity index (χ2v) is 6.48. The molecule has 1 aromatic heterocycles. The lowest BCUT2D eigenvalue weighted by Crippen LogP contribution is -2.19. The first kappa shape index (κ1) is 17.2. The van der Waals surface area contributed by atoms with Gasteiger partial charge in [-0.2, -0.15) is 0 Å². The molecular weight excluding hydrogens is 320 g/mol. The minimum absolute atomic E-state index is 0.0401. The van der Waals surface area contributed by atoms with Crippen LogP contribution in [0.5, 0.6) is 5.75 Å². The van der Waals surface area contributed by atoms with Crippen molar-refractivity contribution in [1.82, 2.24) is 4.98 Å². The zero-order valence-corrected chi connectivity index (χ0v) is 14.5. The molecule has 0 radical (unpaired) electrons. The standard InChI is InChI=1S/C19H22N2O4/c1-3-6-12-17-14(9-13(11(2)22)18(12)23)16(21-7-4-5-8-21)10-15(20-17)19(24)25/h9-10,23H,3-8H2,1-2H3,(H,24,25). The van der Waals surface area contributed by atoms with Crippen LogP contribution in [0.3, 0.4) is 0 Å². The Morgan fingerprint density at radius 3 is 2.48 bits per heavy atom. The number of aryl methyl sites for hydroxylation is 1. The maximum Gasteiger partial charge on any atom is 0.354 e. The number of aromatic hydroxyl groups is 1. The Balaban J connectivity index is 2.39. The molecule has 0 atom stereocenters. The highest BCUT2D eigenvalue weighted by atomic mass is 16.4. The van der Waals surface area contributed by atoms with Crippen LogP contribution in [0.2, 0.25) is 0 Å². The monoisotopic (exact) mass is 342 g/mol. The lowest BCUT2D eigenvalue weighted by molar-refractivity contribution is 0.0690. The number of hydrogen-bond acceptors (Lipinski definition) is 5. The Labute approximate surface area is 146 Å². The Hall–Kier alpha value is -2.63. The van der Waals surface area contributed by atoms with Gasteiger partial charge in [0.2, 0.25) is 0 Å². The summed E-state index contributed by atoms with van der Waals surface area (Å²) in [6.07, 6.45) is 3.37. The van der Waals surface area contributed by atoms with Gasteiger partial charge in [-0.1, -0.05) is 13.3 Å². The summed E-state index contributed by atoms with van der Waals surface area (Å²) in [6, 6.07) is 3.23. The number of carboxylic acid groups (broad SMARTS) is 1. The first-order valence-electron chi connectivity index (χ1n) is 8.62. The molecule has 0 amide bonds. The van der Waals surface area contributed by atoms with Crippen molar-refractivity contribution in [3.63, 3.8) is 0 Å². The van der Waals surface area contributed by atoms with Crippen molar-refractivity contribution in [2.75, 3.05) is 18.0 Å². The first-order valence-corrected chi connectivity index (χ1v) is 8.62. The Kier molecular flexibility index (Phi) is 4.61. The average Bonchev–Trinajstić information content (AvgIpc) is 3.10. The van der Waals surface area contributed by atoms with E-state index in [1.807, 2.05) is 6.92 Å². The fraction of sp³-hybridized carbons (Fsp3) is 0.421. The number of carbonyl (C=O) groups is 2. The number of anilines is 1. The molecule has 25 heavy (non-hydrogen) atoms. The van der Waals surface area contributed by atoms with E-state index in [0.717, 1.165) is 43.4 Å². The first-order chi connectivity index (χ1) is 11.9. The SMILES string of the molecule is CCCc1c(O)c(C(C)=O)cc2c(N3CCCC3)cc(C(=O)O)nc12. The molecule has 2 N–H and O–H groups in total. The van der Waals surface area contributed by atoms with Crippen molar-refractivity contribution < 1.29 is 19.8 Å². The fourth-order valence-electron chi connectivity index (χ4n) is 3.49. The van der Waals surface area contributed by atoms with E-state index in [4.69, 9.17) is 0 Å². The number of carboxylic acids is 1. The topological polar surface area (TPSA) is 90.7 Å². The number of pyridine rings is 1. The fourth-order valence-corrected chi connectivity index (χ4v) is 3.49. The highest BCUT2D eigenvalue weighted by molar-refractivity contribution is 6.06. The number of aromatic nitrogens is 1. The summed E-state index contributed by atoms with van der Waals surface area (Å²) in [5.74, 6) is -1.39. The van der Waals surface area contributed by atoms with Crippen LogP contribution < -0.4 is 4.90 Å². The van der Waals surface area contributed by atoms with Crippen molar-refractivity contribution in [2.45, 2.75) is 39.5 Å². The summed E-state index contributed by atoms with van der Waals surface area (Å²) >= 11 is 0. The molecule has 1 saturated heterocycles. The lowest BCUT2D eigenvalue weighted by atomic mass is 9.96. The van der Waals surface area contributed by atoms with E-state index >= 15 is 0 Å². The molecule has 3 rings (SSSR count). The molecule has 0 bridgehead atoms. The molecule has 1 aliphatic rings. The number of benzene rings is 1. The summed E-state index contributed by atoms with van der Waals surface area (Å²) in [7, 11) is 0. The van der Waals surface area contributed by atoms with Gasteiger partial charge in [0.25, 0.3) is 0 Å². The van der Waals surface area contributed by atoms with Gasteiger partial charge in [-0.3, -0.25) is 4.79 Å². The molecule has 0 aliphatic carbocycles. The number of fused-ring (bicyclic) bond motifs is 1. The molecule has 1 aromatic carbocycles. The summed E-state index contributed by atoms with van der Waals surface area (Å²) in [6.45, 7) is 5.08. The Morgan fingerprint density at radius 1 is 1.24 bits per heavy atom. The summed E-state index contributed by atoms with van der Waals surface area (Å²) in [5.41, 5.74) is 2.03. The number of phenols is 1. The second kappa shape index (κ2) is 6.70. The molecular formula is C19H22N2O4. The highest BCUT2D eigenvalue weighted by Crippen LogP contribution is 2.37. The molecule has 2 heterocycles. The zero-order valence-electron chi connectivity index (χ0n) is 14.5. The third kappa shape index (κ3) is 3.04. The number of rotatable bonds is 5. The van der Waals surface area contributed by atoms with E-state index in [1.165, 1.54) is 6.92 Å². The van der Waals surface area contributed by atoms with Crippen LogP contribution in [0, 0.1) is 0 Å². The Morgan fingerprint density at radius 2 is 1.92 bits per heavy atom. The van der Waals surface area contributed by atoms with Crippen LogP contribution in [0.15, 0.2) is 12.1 Å². The maximum atomic E-state index is 12.0. The Bertz CT molecular complexity index is 854. The predicted octanol–water partition coefficient (Wildman–Crippen LogP) is 3.39. The second-order valence-electron chi connectivity index (χ2n) is 6.48. The zero-order chi connectivity index (χ0) is 18.1. The number of Topliss-reactive ketones (excluding diaryl/α,β-unsaturated/α-hetero) is 1. The minimum Gasteiger partial charge on any atom is -0.507 e. The van der Waals surface area contributed by atoms with E-state index in [2.05, 4.69) is 9.88 Å². The summed E-state index contributed by atoms with van der Waals surface area (Å²) in [4.78, 5) is 30.0. The van der Waals surface area contributed by atoms with Gasteiger partial charge in [0.1, 0.15) is 5.75 Å². The third-order valence-electron chi connectivity index (χ3n) is 4.70. The van der Waals surface area contributed by atoms with E-state index in [9.17, 15) is 19.8 Å². The summed E-state index contributed by atoms with van der Waals surface area (Å²) in [5, 5.41) is 20.7. The van der Waals surface area contributed by atoms with Crippen LogP contribution in [-0.4, -0.2) is 40.0 Å². The normalized spacial score (nSPS) is 14.2. The largest absolute Gasteiger partial charge is 0.507 e. The predicted molar refractivity (Wildman–Crippen MR) is 95.8 cm³/mol. The number of nitrogens with zero attached hydrogens (tertiary/aromatic N) is 2. The van der Waals surface area contributed by atoms with Crippen molar-refractivity contribution in [1.29, 1.82) is 0 Å². The van der Waals surface area contributed by atoms with Crippen LogP contribution in [0.25, 0.3) is 10.9 Å². The number of phenolic OH excluding ortho intramolecular Hbond substituents is 1. The van der Waals surface area contributed by atoms with Gasteiger partial charge < -0.3 is 15.1 Å². The number of carbonyl (C=O) groups excluding carboxylic acids is 1. The lowest BCUT2D eigenvalue weighted by Gasteiger charge is -2.22. The molecule has 0 spiro atoms. The molecule has 6 heteroatoms. The van der Waals surface area contributed by atoms with Crippen molar-refractivity contribution in [3.8, 4) is 5.75 Å². The molecule has 132 valence electrons. The molecule has 2 aromatic rings. The van der Waals surface area contributed by atoms with Gasteiger partial charge in [0, 0.05) is 29.7 Å². The van der Waals surface area contributed by atoms with Gasteiger partial charge >= 0.3 is 5.97 Å². The van der Waals surface area contributed by atoms with Gasteiger partial charge in [0.05, 0.1) is 11.1 Å². The van der Waals surface area contributed by atoms with E-state index < -0.39 is 5.97 Å². The minimum atomic E-state index is -1.10. The van der Waals surface area contributed by atoms with E-state index in [-0.39, 0.29) is 22.8 Å². The van der Waals surface area contributed by atoms with Gasteiger partial charge in [-0.05, 0) is 38.3 Å². The smallest absolute Gasteiger partial charge is 0.354 e. The van der Waals surface area contributed by atoms with Crippen LogP contribution in [0.4, 0.5) is 5.69 Å². The molecule has 1 fully saturated rings. The average molecular weight is 342 g/mol. The maximum absolute atomic E-state index is 12.0. The third-order valence-corrected chi connectivity index (χ3v) is 4.70. The molecule has 0 unspecified atom stereocenters. The summed E-state index contributed by atoms with van der Waals surface area (Å²) < 4.78 is 0. The van der Waals surface area contributed by atoms with Gasteiger partial charge in [-0.15, -0.1) is 0 Å². The van der Waals surface area contributed by atoms with Gasteiger partial charge in [0.15, 0.2) is 11.5 Å². The number of hydrogen-bond donors (Lipinski definition) is 2. The molecule has 0 saturated carbocycles.